The van der Waals surface area contributed by atoms with Crippen LogP contribution in [0.1, 0.15) is 43.6 Å². The molecule has 3 amide bonds. The summed E-state index contributed by atoms with van der Waals surface area (Å²) in [6, 6.07) is 3.72. The van der Waals surface area contributed by atoms with Crippen LogP contribution in [0.15, 0.2) is 27.4 Å². The van der Waals surface area contributed by atoms with Gasteiger partial charge in [0.05, 0.1) is 23.1 Å². The standard InChI is InChI=1S/C23H30N4O4S2/c1-14-11-17(31-6)16(20(29)27-9-7-26(8-10-27)15(2)28)12-18(14)32-19-13-24-22(33-19)25-21(30)23(3,4)5/h11-13H,7-10H2,1-6H3,(H,24,25,30). The third kappa shape index (κ3) is 6.05. The monoisotopic (exact) mass is 490 g/mol. The fourth-order valence-electron chi connectivity index (χ4n) is 3.26. The molecule has 0 unspecified atom stereocenters. The van der Waals surface area contributed by atoms with E-state index in [9.17, 15) is 14.4 Å². The molecule has 2 aromatic rings. The molecule has 0 bridgehead atoms. The lowest BCUT2D eigenvalue weighted by Gasteiger charge is -2.34. The number of hydrogen-bond acceptors (Lipinski definition) is 7. The highest BCUT2D eigenvalue weighted by molar-refractivity contribution is 8.01. The van der Waals surface area contributed by atoms with E-state index in [4.69, 9.17) is 4.74 Å². The van der Waals surface area contributed by atoms with Gasteiger partial charge in [0, 0.05) is 43.4 Å². The van der Waals surface area contributed by atoms with Gasteiger partial charge in [0.2, 0.25) is 11.8 Å². The lowest BCUT2D eigenvalue weighted by Crippen LogP contribution is -2.50. The second kappa shape index (κ2) is 10.1. The average Bonchev–Trinajstić information content (AvgIpc) is 3.20. The topological polar surface area (TPSA) is 91.8 Å². The van der Waals surface area contributed by atoms with Crippen LogP contribution in [-0.4, -0.2) is 65.8 Å². The van der Waals surface area contributed by atoms with E-state index in [2.05, 4.69) is 10.3 Å². The van der Waals surface area contributed by atoms with Crippen molar-refractivity contribution in [2.75, 3.05) is 38.6 Å². The smallest absolute Gasteiger partial charge is 0.257 e. The van der Waals surface area contributed by atoms with E-state index in [1.807, 2.05) is 39.8 Å². The lowest BCUT2D eigenvalue weighted by molar-refractivity contribution is -0.130. The molecule has 1 aromatic heterocycles. The van der Waals surface area contributed by atoms with Crippen molar-refractivity contribution in [2.45, 2.75) is 43.7 Å². The maximum absolute atomic E-state index is 13.3. The van der Waals surface area contributed by atoms with Crippen LogP contribution in [-0.2, 0) is 9.59 Å². The molecule has 0 atom stereocenters. The van der Waals surface area contributed by atoms with Gasteiger partial charge < -0.3 is 19.9 Å². The summed E-state index contributed by atoms with van der Waals surface area (Å²) in [4.78, 5) is 45.8. The van der Waals surface area contributed by atoms with Crippen molar-refractivity contribution in [1.82, 2.24) is 14.8 Å². The Bertz CT molecular complexity index is 1050. The number of methoxy groups -OCH3 is 1. The van der Waals surface area contributed by atoms with E-state index in [0.717, 1.165) is 14.7 Å². The van der Waals surface area contributed by atoms with Crippen molar-refractivity contribution in [1.29, 1.82) is 0 Å². The van der Waals surface area contributed by atoms with Gasteiger partial charge in [-0.25, -0.2) is 4.98 Å². The largest absolute Gasteiger partial charge is 0.496 e. The van der Waals surface area contributed by atoms with E-state index in [-0.39, 0.29) is 17.7 Å². The fourth-order valence-corrected chi connectivity index (χ4v) is 5.20. The van der Waals surface area contributed by atoms with Crippen LogP contribution in [0.4, 0.5) is 5.13 Å². The number of amides is 3. The predicted molar refractivity (Wildman–Crippen MR) is 130 cm³/mol. The number of aryl methyl sites for hydroxylation is 1. The van der Waals surface area contributed by atoms with Crippen molar-refractivity contribution >= 4 is 46.0 Å². The molecule has 10 heteroatoms. The average molecular weight is 491 g/mol. The molecular formula is C23H30N4O4S2. The number of benzene rings is 1. The summed E-state index contributed by atoms with van der Waals surface area (Å²) in [5.74, 6) is 0.348. The van der Waals surface area contributed by atoms with Crippen molar-refractivity contribution in [3.05, 3.63) is 29.5 Å². The molecular weight excluding hydrogens is 460 g/mol. The molecule has 3 rings (SSSR count). The molecule has 0 spiro atoms. The molecule has 178 valence electrons. The second-order valence-electron chi connectivity index (χ2n) is 8.91. The minimum Gasteiger partial charge on any atom is -0.496 e. The highest BCUT2D eigenvalue weighted by Gasteiger charge is 2.26. The van der Waals surface area contributed by atoms with Crippen LogP contribution < -0.4 is 10.1 Å². The Kier molecular flexibility index (Phi) is 7.69. The minimum absolute atomic E-state index is 0.0244. The summed E-state index contributed by atoms with van der Waals surface area (Å²) in [5, 5.41) is 3.40. The minimum atomic E-state index is -0.503. The summed E-state index contributed by atoms with van der Waals surface area (Å²) >= 11 is 2.89. The Balaban J connectivity index is 1.78. The van der Waals surface area contributed by atoms with Gasteiger partial charge in [0.25, 0.3) is 5.91 Å². The fraction of sp³-hybridized carbons (Fsp3) is 0.478. The molecule has 0 radical (unpaired) electrons. The van der Waals surface area contributed by atoms with Gasteiger partial charge in [0.15, 0.2) is 5.13 Å². The van der Waals surface area contributed by atoms with Crippen LogP contribution in [0.25, 0.3) is 0 Å². The normalized spacial score (nSPS) is 14.2. The molecule has 1 aliphatic rings. The Morgan fingerprint density at radius 3 is 2.33 bits per heavy atom. The zero-order chi connectivity index (χ0) is 24.3. The Morgan fingerprint density at radius 2 is 1.76 bits per heavy atom. The first-order valence-electron chi connectivity index (χ1n) is 10.7. The molecule has 0 aliphatic carbocycles. The first-order chi connectivity index (χ1) is 15.5. The van der Waals surface area contributed by atoms with Crippen LogP contribution >= 0.6 is 23.1 Å². The number of aromatic nitrogens is 1. The van der Waals surface area contributed by atoms with E-state index in [0.29, 0.717) is 42.6 Å². The third-order valence-electron chi connectivity index (χ3n) is 5.34. The number of rotatable bonds is 5. The van der Waals surface area contributed by atoms with Crippen molar-refractivity contribution in [3.63, 3.8) is 0 Å². The summed E-state index contributed by atoms with van der Waals surface area (Å²) in [5.41, 5.74) is 0.965. The van der Waals surface area contributed by atoms with Gasteiger partial charge in [-0.15, -0.1) is 0 Å². The van der Waals surface area contributed by atoms with Gasteiger partial charge in [0.1, 0.15) is 5.75 Å². The van der Waals surface area contributed by atoms with E-state index in [1.165, 1.54) is 23.1 Å². The summed E-state index contributed by atoms with van der Waals surface area (Å²) in [7, 11) is 1.55. The van der Waals surface area contributed by atoms with Gasteiger partial charge in [-0.3, -0.25) is 14.4 Å². The molecule has 0 saturated carbocycles. The van der Waals surface area contributed by atoms with E-state index >= 15 is 0 Å². The summed E-state index contributed by atoms with van der Waals surface area (Å²) in [6.07, 6.45) is 1.72. The molecule has 1 N–H and O–H groups in total. The number of nitrogens with one attached hydrogen (secondary N) is 1. The maximum Gasteiger partial charge on any atom is 0.257 e. The zero-order valence-electron chi connectivity index (χ0n) is 19.9. The van der Waals surface area contributed by atoms with Gasteiger partial charge in [-0.1, -0.05) is 43.9 Å². The maximum atomic E-state index is 13.3. The highest BCUT2D eigenvalue weighted by Crippen LogP contribution is 2.38. The van der Waals surface area contributed by atoms with Crippen molar-refractivity contribution < 1.29 is 19.1 Å². The molecule has 2 heterocycles. The number of thiazole rings is 1. The number of piperazine rings is 1. The van der Waals surface area contributed by atoms with Gasteiger partial charge in [-0.05, 0) is 24.6 Å². The van der Waals surface area contributed by atoms with Crippen molar-refractivity contribution in [2.24, 2.45) is 5.41 Å². The Labute approximate surface area is 202 Å². The quantitative estimate of drug-likeness (QED) is 0.684. The number of hydrogen-bond donors (Lipinski definition) is 1. The number of nitrogens with zero attached hydrogens (tertiary/aromatic N) is 3. The number of ether oxygens (including phenoxy) is 1. The van der Waals surface area contributed by atoms with Crippen molar-refractivity contribution in [3.8, 4) is 5.75 Å². The predicted octanol–water partition coefficient (Wildman–Crippen LogP) is 3.90. The SMILES string of the molecule is COc1cc(C)c(Sc2cnc(NC(=O)C(C)(C)C)s2)cc1C(=O)N1CCN(C(C)=O)CC1. The molecule has 1 aromatic carbocycles. The number of carbonyl (C=O) groups is 3. The lowest BCUT2D eigenvalue weighted by atomic mass is 9.96. The molecule has 8 nitrogen and oxygen atoms in total. The number of anilines is 1. The van der Waals surface area contributed by atoms with E-state index in [1.54, 1.807) is 30.0 Å². The Morgan fingerprint density at radius 1 is 1.12 bits per heavy atom. The number of carbonyl (C=O) groups excluding carboxylic acids is 3. The molecule has 1 saturated heterocycles. The first-order valence-corrected chi connectivity index (χ1v) is 12.3. The third-order valence-corrected chi connectivity index (χ3v) is 7.51. The van der Waals surface area contributed by atoms with Crippen LogP contribution in [0.2, 0.25) is 0 Å². The van der Waals surface area contributed by atoms with E-state index < -0.39 is 5.41 Å². The zero-order valence-corrected chi connectivity index (χ0v) is 21.5. The summed E-state index contributed by atoms with van der Waals surface area (Å²) in [6.45, 7) is 11.1. The van der Waals surface area contributed by atoms with Gasteiger partial charge >= 0.3 is 0 Å². The molecule has 1 aliphatic heterocycles. The van der Waals surface area contributed by atoms with Crippen LogP contribution in [0.5, 0.6) is 5.75 Å². The molecule has 33 heavy (non-hydrogen) atoms. The van der Waals surface area contributed by atoms with Crippen LogP contribution in [0.3, 0.4) is 0 Å². The highest BCUT2D eigenvalue weighted by atomic mass is 32.2. The summed E-state index contributed by atoms with van der Waals surface area (Å²) < 4.78 is 6.41. The molecule has 1 fully saturated rings. The second-order valence-corrected chi connectivity index (χ2v) is 11.3. The van der Waals surface area contributed by atoms with Crippen LogP contribution in [0, 0.1) is 12.3 Å². The van der Waals surface area contributed by atoms with Gasteiger partial charge in [-0.2, -0.15) is 0 Å². The Hall–Kier alpha value is -2.59. The first kappa shape index (κ1) is 25.0.